The largest absolute Gasteiger partial charge is 0.496 e. The highest BCUT2D eigenvalue weighted by atomic mass is 35.5. The molecule has 0 spiro atoms. The first kappa shape index (κ1) is 11.7. The maximum absolute atomic E-state index is 11.1. The van der Waals surface area contributed by atoms with Gasteiger partial charge in [-0.1, -0.05) is 11.6 Å². The van der Waals surface area contributed by atoms with Gasteiger partial charge in [-0.15, -0.1) is 11.3 Å². The quantitative estimate of drug-likeness (QED) is 0.766. The summed E-state index contributed by atoms with van der Waals surface area (Å²) < 4.78 is 6.11. The molecule has 2 nitrogen and oxygen atoms in total. The molecule has 0 radical (unpaired) electrons. The fourth-order valence-corrected chi connectivity index (χ4v) is 3.16. The van der Waals surface area contributed by atoms with Gasteiger partial charge in [-0.3, -0.25) is 4.79 Å². The number of carbonyl (C=O) groups is 1. The van der Waals surface area contributed by atoms with Crippen LogP contribution >= 0.6 is 34.5 Å². The molecule has 84 valence electrons. The van der Waals surface area contributed by atoms with Crippen LogP contribution in [0.25, 0.3) is 10.1 Å². The smallest absolute Gasteiger partial charge is 0.263 e. The van der Waals surface area contributed by atoms with Gasteiger partial charge in [-0.25, -0.2) is 0 Å². The molecule has 2 aromatic rings. The van der Waals surface area contributed by atoms with Gasteiger partial charge in [0.15, 0.2) is 0 Å². The first-order valence-corrected chi connectivity index (χ1v) is 6.08. The second-order valence-corrected chi connectivity index (χ2v) is 5.11. The molecule has 0 saturated heterocycles. The molecule has 0 amide bonds. The summed E-state index contributed by atoms with van der Waals surface area (Å²) in [4.78, 5) is 11.5. The van der Waals surface area contributed by atoms with Crippen molar-refractivity contribution < 1.29 is 9.53 Å². The summed E-state index contributed by atoms with van der Waals surface area (Å²) in [6, 6.07) is 3.76. The predicted molar refractivity (Wildman–Crippen MR) is 68.3 cm³/mol. The van der Waals surface area contributed by atoms with E-state index in [1.54, 1.807) is 7.11 Å². The Balaban J connectivity index is 2.77. The summed E-state index contributed by atoms with van der Waals surface area (Å²) in [6.07, 6.45) is 0. The lowest BCUT2D eigenvalue weighted by molar-refractivity contribution is 0.108. The fourth-order valence-electron chi connectivity index (χ4n) is 1.55. The van der Waals surface area contributed by atoms with E-state index in [2.05, 4.69) is 0 Å². The standard InChI is InChI=1S/C11H8Cl2O2S/c1-5-3-6-8(4-7(5)15-2)16-10(9(6)12)11(13)14/h3-4H,1-2H3. The number of rotatable bonds is 2. The van der Waals surface area contributed by atoms with Crippen molar-refractivity contribution in [3.8, 4) is 5.75 Å². The van der Waals surface area contributed by atoms with Gasteiger partial charge in [0.25, 0.3) is 5.24 Å². The van der Waals surface area contributed by atoms with Crippen LogP contribution < -0.4 is 4.74 Å². The van der Waals surface area contributed by atoms with E-state index in [9.17, 15) is 4.79 Å². The highest BCUT2D eigenvalue weighted by Gasteiger charge is 2.16. The summed E-state index contributed by atoms with van der Waals surface area (Å²) in [5.74, 6) is 0.777. The number of fused-ring (bicyclic) bond motifs is 1. The number of ether oxygens (including phenoxy) is 1. The van der Waals surface area contributed by atoms with E-state index in [0.717, 1.165) is 21.4 Å². The lowest BCUT2D eigenvalue weighted by Crippen LogP contribution is -1.85. The fraction of sp³-hybridized carbons (Fsp3) is 0.182. The zero-order valence-corrected chi connectivity index (χ0v) is 11.0. The molecule has 0 unspecified atom stereocenters. The Labute approximate surface area is 107 Å². The van der Waals surface area contributed by atoms with E-state index in [4.69, 9.17) is 27.9 Å². The van der Waals surface area contributed by atoms with Gasteiger partial charge < -0.3 is 4.74 Å². The van der Waals surface area contributed by atoms with E-state index < -0.39 is 5.24 Å². The van der Waals surface area contributed by atoms with E-state index in [0.29, 0.717) is 9.90 Å². The summed E-state index contributed by atoms with van der Waals surface area (Å²) in [5.41, 5.74) is 0.975. The van der Waals surface area contributed by atoms with Gasteiger partial charge in [-0.2, -0.15) is 0 Å². The van der Waals surface area contributed by atoms with Crippen LogP contribution in [-0.4, -0.2) is 12.4 Å². The van der Waals surface area contributed by atoms with E-state index in [1.165, 1.54) is 11.3 Å². The minimum absolute atomic E-state index is 0.381. The van der Waals surface area contributed by atoms with Crippen LogP contribution in [0.2, 0.25) is 5.02 Å². The first-order chi connectivity index (χ1) is 7.54. The van der Waals surface area contributed by atoms with Crippen LogP contribution in [0.3, 0.4) is 0 Å². The highest BCUT2D eigenvalue weighted by molar-refractivity contribution is 7.23. The number of halogens is 2. The number of methoxy groups -OCH3 is 1. The molecule has 0 aliphatic carbocycles. The number of thiophene rings is 1. The second kappa shape index (κ2) is 4.24. The third-order valence-electron chi connectivity index (χ3n) is 2.32. The highest BCUT2D eigenvalue weighted by Crippen LogP contribution is 2.39. The molecule has 5 heteroatoms. The van der Waals surface area contributed by atoms with Gasteiger partial charge in [0.2, 0.25) is 0 Å². The van der Waals surface area contributed by atoms with Crippen molar-refractivity contribution in [1.29, 1.82) is 0 Å². The lowest BCUT2D eigenvalue weighted by atomic mass is 10.1. The molecule has 0 bridgehead atoms. The summed E-state index contributed by atoms with van der Waals surface area (Å²) in [5, 5.41) is 0.738. The average molecular weight is 275 g/mol. The lowest BCUT2D eigenvalue weighted by Gasteiger charge is -2.03. The van der Waals surface area contributed by atoms with E-state index in [-0.39, 0.29) is 0 Å². The van der Waals surface area contributed by atoms with Crippen molar-refractivity contribution in [2.75, 3.05) is 7.11 Å². The topological polar surface area (TPSA) is 26.3 Å². The molecular weight excluding hydrogens is 267 g/mol. The third-order valence-corrected chi connectivity index (χ3v) is 4.28. The van der Waals surface area contributed by atoms with Crippen molar-refractivity contribution in [1.82, 2.24) is 0 Å². The molecular formula is C11H8Cl2O2S. The van der Waals surface area contributed by atoms with Crippen LogP contribution in [0.15, 0.2) is 12.1 Å². The average Bonchev–Trinajstić information content (AvgIpc) is 2.55. The van der Waals surface area contributed by atoms with E-state index in [1.807, 2.05) is 19.1 Å². The summed E-state index contributed by atoms with van der Waals surface area (Å²) in [6.45, 7) is 1.93. The minimum atomic E-state index is -0.525. The molecule has 0 aliphatic heterocycles. The Morgan fingerprint density at radius 1 is 1.44 bits per heavy atom. The van der Waals surface area contributed by atoms with Crippen molar-refractivity contribution in [3.63, 3.8) is 0 Å². The van der Waals surface area contributed by atoms with Crippen LogP contribution in [0.4, 0.5) is 0 Å². The molecule has 0 fully saturated rings. The molecule has 0 aliphatic rings. The van der Waals surface area contributed by atoms with Gasteiger partial charge in [0.05, 0.1) is 12.1 Å². The Morgan fingerprint density at radius 2 is 2.12 bits per heavy atom. The Bertz CT molecular complexity index is 575. The molecule has 1 aromatic heterocycles. The van der Waals surface area contributed by atoms with Gasteiger partial charge in [0, 0.05) is 10.1 Å². The predicted octanol–water partition coefficient (Wildman–Crippen LogP) is 4.25. The van der Waals surface area contributed by atoms with E-state index >= 15 is 0 Å². The Kier molecular flexibility index (Phi) is 3.10. The van der Waals surface area contributed by atoms with Crippen molar-refractivity contribution in [2.24, 2.45) is 0 Å². The van der Waals surface area contributed by atoms with Crippen molar-refractivity contribution >= 4 is 49.9 Å². The third kappa shape index (κ3) is 1.79. The monoisotopic (exact) mass is 274 g/mol. The van der Waals surface area contributed by atoms with Crippen molar-refractivity contribution in [3.05, 3.63) is 27.6 Å². The normalized spacial score (nSPS) is 10.8. The van der Waals surface area contributed by atoms with Crippen molar-refractivity contribution in [2.45, 2.75) is 6.92 Å². The zero-order chi connectivity index (χ0) is 11.9. The zero-order valence-electron chi connectivity index (χ0n) is 8.64. The van der Waals surface area contributed by atoms with Crippen LogP contribution in [-0.2, 0) is 0 Å². The second-order valence-electron chi connectivity index (χ2n) is 3.34. The molecule has 0 N–H and O–H groups in total. The summed E-state index contributed by atoms with van der Waals surface area (Å²) in [7, 11) is 1.61. The van der Waals surface area contributed by atoms with Gasteiger partial charge in [-0.05, 0) is 36.2 Å². The maximum atomic E-state index is 11.1. The Hall–Kier alpha value is -0.770. The summed E-state index contributed by atoms with van der Waals surface area (Å²) >= 11 is 12.8. The SMILES string of the molecule is COc1cc2sc(C(=O)Cl)c(Cl)c2cc1C. The number of aryl methyl sites for hydroxylation is 1. The number of carbonyl (C=O) groups excluding carboxylic acids is 1. The number of benzene rings is 1. The molecule has 1 heterocycles. The molecule has 16 heavy (non-hydrogen) atoms. The maximum Gasteiger partial charge on any atom is 0.263 e. The van der Waals surface area contributed by atoms with Crippen LogP contribution in [0, 0.1) is 6.92 Å². The molecule has 1 aromatic carbocycles. The van der Waals surface area contributed by atoms with Crippen LogP contribution in [0.1, 0.15) is 15.2 Å². The minimum Gasteiger partial charge on any atom is -0.496 e. The van der Waals surface area contributed by atoms with Gasteiger partial charge in [0.1, 0.15) is 10.6 Å². The van der Waals surface area contributed by atoms with Gasteiger partial charge >= 0.3 is 0 Å². The molecule has 2 rings (SSSR count). The Morgan fingerprint density at radius 3 is 2.69 bits per heavy atom. The first-order valence-electron chi connectivity index (χ1n) is 4.51. The number of hydrogen-bond donors (Lipinski definition) is 0. The number of hydrogen-bond acceptors (Lipinski definition) is 3. The molecule has 0 atom stereocenters. The van der Waals surface area contributed by atoms with Crippen LogP contribution in [0.5, 0.6) is 5.75 Å². The molecule has 0 saturated carbocycles.